The van der Waals surface area contributed by atoms with E-state index in [0.29, 0.717) is 16.1 Å². The molecule has 0 aliphatic carbocycles. The van der Waals surface area contributed by atoms with Crippen molar-refractivity contribution >= 4 is 17.3 Å². The molecule has 0 fully saturated rings. The number of pyridine rings is 1. The summed E-state index contributed by atoms with van der Waals surface area (Å²) in [5.41, 5.74) is 6.30. The molecule has 5 heteroatoms. The van der Waals surface area contributed by atoms with Gasteiger partial charge in [0, 0.05) is 17.3 Å². The first kappa shape index (κ1) is 10.8. The minimum atomic E-state index is -0.601. The van der Waals surface area contributed by atoms with E-state index in [1.54, 1.807) is 0 Å². The van der Waals surface area contributed by atoms with Crippen molar-refractivity contribution < 1.29 is 8.78 Å². The number of aromatic nitrogens is 1. The van der Waals surface area contributed by atoms with Crippen LogP contribution in [0, 0.1) is 11.8 Å². The topological polar surface area (TPSA) is 38.9 Å². The lowest BCUT2D eigenvalue weighted by Crippen LogP contribution is -1.92. The predicted molar refractivity (Wildman–Crippen MR) is 59.0 cm³/mol. The van der Waals surface area contributed by atoms with Gasteiger partial charge >= 0.3 is 0 Å². The van der Waals surface area contributed by atoms with E-state index in [4.69, 9.17) is 17.3 Å². The fraction of sp³-hybridized carbons (Fsp3) is 0. The molecule has 0 aliphatic heterocycles. The van der Waals surface area contributed by atoms with Crippen molar-refractivity contribution in [3.05, 3.63) is 47.2 Å². The molecule has 1 aromatic heterocycles. The monoisotopic (exact) mass is 240 g/mol. The Kier molecular flexibility index (Phi) is 2.75. The third kappa shape index (κ3) is 1.97. The zero-order valence-electron chi connectivity index (χ0n) is 8.05. The van der Waals surface area contributed by atoms with Crippen molar-refractivity contribution in [1.29, 1.82) is 0 Å². The maximum absolute atomic E-state index is 13.2. The van der Waals surface area contributed by atoms with E-state index in [1.807, 2.05) is 0 Å². The van der Waals surface area contributed by atoms with Crippen molar-refractivity contribution in [3.63, 3.8) is 0 Å². The predicted octanol–water partition coefficient (Wildman–Crippen LogP) is 3.26. The molecular formula is C11H7ClF2N2. The Balaban J connectivity index is 2.56. The van der Waals surface area contributed by atoms with Crippen molar-refractivity contribution in [2.75, 3.05) is 5.73 Å². The summed E-state index contributed by atoms with van der Waals surface area (Å²) in [4.78, 5) is 3.47. The fourth-order valence-corrected chi connectivity index (χ4v) is 1.60. The number of hydrogen-bond acceptors (Lipinski definition) is 2. The van der Waals surface area contributed by atoms with E-state index in [0.717, 1.165) is 0 Å². The maximum atomic E-state index is 13.2. The van der Waals surface area contributed by atoms with Crippen LogP contribution in [0.5, 0.6) is 0 Å². The molecule has 2 aromatic rings. The molecule has 0 saturated heterocycles. The summed E-state index contributed by atoms with van der Waals surface area (Å²) in [6.45, 7) is 0. The molecule has 2 N–H and O–H groups in total. The smallest absolute Gasteiger partial charge is 0.212 e. The molecule has 2 nitrogen and oxygen atoms in total. The quantitative estimate of drug-likeness (QED) is 0.614. The minimum absolute atomic E-state index is 0.0242. The number of halogens is 3. The van der Waals surface area contributed by atoms with Crippen molar-refractivity contribution in [2.45, 2.75) is 0 Å². The van der Waals surface area contributed by atoms with Gasteiger partial charge < -0.3 is 5.73 Å². The highest BCUT2D eigenvalue weighted by molar-refractivity contribution is 6.33. The largest absolute Gasteiger partial charge is 0.396 e. The summed E-state index contributed by atoms with van der Waals surface area (Å²) in [7, 11) is 0. The van der Waals surface area contributed by atoms with E-state index in [9.17, 15) is 8.78 Å². The molecule has 1 heterocycles. The molecule has 0 saturated carbocycles. The van der Waals surface area contributed by atoms with Gasteiger partial charge in [-0.15, -0.1) is 0 Å². The standard InChI is InChI=1S/C11H7ClF2N2/c12-8-4-10(15)9(13)3-7(8)6-1-2-11(14)16-5-6/h1-5H,15H2. The van der Waals surface area contributed by atoms with Gasteiger partial charge in [-0.1, -0.05) is 11.6 Å². The van der Waals surface area contributed by atoms with Crippen LogP contribution >= 0.6 is 11.6 Å². The molecule has 0 bridgehead atoms. The Morgan fingerprint density at radius 3 is 2.56 bits per heavy atom. The lowest BCUT2D eigenvalue weighted by molar-refractivity contribution is 0.584. The van der Waals surface area contributed by atoms with Gasteiger partial charge in [-0.05, 0) is 24.3 Å². The van der Waals surface area contributed by atoms with Crippen LogP contribution < -0.4 is 5.73 Å². The highest BCUT2D eigenvalue weighted by Crippen LogP contribution is 2.30. The van der Waals surface area contributed by atoms with Gasteiger partial charge in [0.1, 0.15) is 5.82 Å². The van der Waals surface area contributed by atoms with E-state index < -0.39 is 11.8 Å². The maximum Gasteiger partial charge on any atom is 0.212 e. The van der Waals surface area contributed by atoms with Crippen LogP contribution in [0.25, 0.3) is 11.1 Å². The minimum Gasteiger partial charge on any atom is -0.396 e. The summed E-state index contributed by atoms with van der Waals surface area (Å²) in [6.07, 6.45) is 1.28. The number of rotatable bonds is 1. The second kappa shape index (κ2) is 4.06. The summed E-state index contributed by atoms with van der Waals surface area (Å²) < 4.78 is 25.9. The number of nitrogen functional groups attached to an aromatic ring is 1. The molecule has 0 aliphatic rings. The van der Waals surface area contributed by atoms with Gasteiger partial charge in [0.25, 0.3) is 0 Å². The molecule has 0 amide bonds. The summed E-state index contributed by atoms with van der Waals surface area (Å²) in [5.74, 6) is -1.17. The Hall–Kier alpha value is -1.68. The number of nitrogens with two attached hydrogens (primary N) is 1. The molecule has 0 radical (unpaired) electrons. The first-order valence-corrected chi connectivity index (χ1v) is 4.82. The lowest BCUT2D eigenvalue weighted by atomic mass is 10.1. The number of benzene rings is 1. The third-order valence-electron chi connectivity index (χ3n) is 2.12. The van der Waals surface area contributed by atoms with Crippen LogP contribution in [0.3, 0.4) is 0 Å². The number of hydrogen-bond donors (Lipinski definition) is 1. The summed E-state index contributed by atoms with van der Waals surface area (Å²) in [6, 6.07) is 5.17. The zero-order valence-corrected chi connectivity index (χ0v) is 8.80. The van der Waals surface area contributed by atoms with E-state index in [1.165, 1.54) is 30.5 Å². The van der Waals surface area contributed by atoms with Gasteiger partial charge in [0.05, 0.1) is 10.7 Å². The Labute approximate surface area is 95.7 Å². The summed E-state index contributed by atoms with van der Waals surface area (Å²) >= 11 is 5.91. The van der Waals surface area contributed by atoms with Crippen LogP contribution in [0.15, 0.2) is 30.5 Å². The molecule has 1 aromatic carbocycles. The Morgan fingerprint density at radius 2 is 1.94 bits per heavy atom. The molecule has 16 heavy (non-hydrogen) atoms. The third-order valence-corrected chi connectivity index (χ3v) is 2.44. The highest BCUT2D eigenvalue weighted by atomic mass is 35.5. The SMILES string of the molecule is Nc1cc(Cl)c(-c2ccc(F)nc2)cc1F. The van der Waals surface area contributed by atoms with E-state index in [2.05, 4.69) is 4.98 Å². The number of nitrogens with zero attached hydrogens (tertiary/aromatic N) is 1. The van der Waals surface area contributed by atoms with Crippen LogP contribution in [-0.2, 0) is 0 Å². The van der Waals surface area contributed by atoms with Crippen LogP contribution in [0.1, 0.15) is 0 Å². The zero-order chi connectivity index (χ0) is 11.7. The van der Waals surface area contributed by atoms with Crippen LogP contribution in [0.4, 0.5) is 14.5 Å². The Morgan fingerprint density at radius 1 is 1.19 bits per heavy atom. The van der Waals surface area contributed by atoms with Crippen LogP contribution in [0.2, 0.25) is 5.02 Å². The van der Waals surface area contributed by atoms with E-state index >= 15 is 0 Å². The van der Waals surface area contributed by atoms with Gasteiger partial charge in [-0.25, -0.2) is 9.37 Å². The average Bonchev–Trinajstić information content (AvgIpc) is 2.25. The lowest BCUT2D eigenvalue weighted by Gasteiger charge is -2.06. The number of anilines is 1. The molecule has 82 valence electrons. The Bertz CT molecular complexity index is 526. The van der Waals surface area contributed by atoms with Crippen molar-refractivity contribution in [2.24, 2.45) is 0 Å². The molecule has 0 atom stereocenters. The van der Waals surface area contributed by atoms with Gasteiger partial charge in [-0.2, -0.15) is 4.39 Å². The first-order valence-electron chi connectivity index (χ1n) is 4.44. The molecule has 0 unspecified atom stereocenters. The van der Waals surface area contributed by atoms with E-state index in [-0.39, 0.29) is 5.69 Å². The first-order chi connectivity index (χ1) is 7.58. The fourth-order valence-electron chi connectivity index (χ4n) is 1.32. The van der Waals surface area contributed by atoms with Gasteiger partial charge in [-0.3, -0.25) is 0 Å². The second-order valence-corrected chi connectivity index (χ2v) is 3.63. The molecule has 2 rings (SSSR count). The average molecular weight is 241 g/mol. The van der Waals surface area contributed by atoms with Crippen LogP contribution in [-0.4, -0.2) is 4.98 Å². The van der Waals surface area contributed by atoms with Gasteiger partial charge in [0.2, 0.25) is 5.95 Å². The summed E-state index contributed by atoms with van der Waals surface area (Å²) in [5, 5.41) is 0.298. The molecular weight excluding hydrogens is 234 g/mol. The second-order valence-electron chi connectivity index (χ2n) is 3.22. The van der Waals surface area contributed by atoms with Gasteiger partial charge in [0.15, 0.2) is 0 Å². The molecule has 0 spiro atoms. The highest BCUT2D eigenvalue weighted by Gasteiger charge is 2.08. The van der Waals surface area contributed by atoms with Crippen molar-refractivity contribution in [1.82, 2.24) is 4.98 Å². The van der Waals surface area contributed by atoms with Crippen molar-refractivity contribution in [3.8, 4) is 11.1 Å². The normalized spacial score (nSPS) is 10.4.